The van der Waals surface area contributed by atoms with Gasteiger partial charge < -0.3 is 4.74 Å². The highest BCUT2D eigenvalue weighted by atomic mass is 16.5. The third-order valence-electron chi connectivity index (χ3n) is 1.44. The van der Waals surface area contributed by atoms with Crippen LogP contribution in [-0.2, 0) is 4.74 Å². The molecule has 0 aromatic heterocycles. The van der Waals surface area contributed by atoms with Gasteiger partial charge in [0.15, 0.2) is 0 Å². The summed E-state index contributed by atoms with van der Waals surface area (Å²) in [4.78, 5) is 4.18. The largest absolute Gasteiger partial charge is 0.378 e. The maximum absolute atomic E-state index is 5.39. The Morgan fingerprint density at radius 1 is 1.67 bits per heavy atom. The van der Waals surface area contributed by atoms with Gasteiger partial charge in [-0.1, -0.05) is 0 Å². The van der Waals surface area contributed by atoms with Crippen molar-refractivity contribution < 1.29 is 4.74 Å². The Morgan fingerprint density at radius 3 is 3.44 bits per heavy atom. The molecule has 52 valence electrons. The Bertz CT molecular complexity index is 101. The fourth-order valence-corrected chi connectivity index (χ4v) is 0.844. The SMILES string of the molecule is CC1CCN=CCCO1. The molecular weight excluding hydrogens is 114 g/mol. The summed E-state index contributed by atoms with van der Waals surface area (Å²) in [7, 11) is 0. The molecule has 1 aliphatic rings. The molecule has 0 aromatic rings. The highest BCUT2D eigenvalue weighted by Gasteiger charge is 2.01. The van der Waals surface area contributed by atoms with Crippen molar-refractivity contribution >= 4 is 6.21 Å². The second kappa shape index (κ2) is 3.62. The second-order valence-electron chi connectivity index (χ2n) is 2.35. The summed E-state index contributed by atoms with van der Waals surface area (Å²) in [5.41, 5.74) is 0. The van der Waals surface area contributed by atoms with Gasteiger partial charge in [0.1, 0.15) is 0 Å². The van der Waals surface area contributed by atoms with Crippen LogP contribution in [0.25, 0.3) is 0 Å². The maximum Gasteiger partial charge on any atom is 0.0564 e. The van der Waals surface area contributed by atoms with Crippen molar-refractivity contribution in [1.29, 1.82) is 0 Å². The lowest BCUT2D eigenvalue weighted by molar-refractivity contribution is 0.0658. The van der Waals surface area contributed by atoms with Crippen LogP contribution in [0.2, 0.25) is 0 Å². The Hall–Kier alpha value is -0.370. The molecule has 0 saturated heterocycles. The summed E-state index contributed by atoms with van der Waals surface area (Å²) in [6.45, 7) is 3.87. The standard InChI is InChI=1S/C7H13NO/c1-7-3-5-8-4-2-6-9-7/h4,7H,2-3,5-6H2,1H3. The molecule has 0 amide bonds. The molecule has 0 radical (unpaired) electrons. The Balaban J connectivity index is 2.27. The lowest BCUT2D eigenvalue weighted by Crippen LogP contribution is -2.12. The van der Waals surface area contributed by atoms with Gasteiger partial charge in [-0.05, 0) is 13.3 Å². The van der Waals surface area contributed by atoms with Gasteiger partial charge in [0.25, 0.3) is 0 Å². The fourth-order valence-electron chi connectivity index (χ4n) is 0.844. The zero-order valence-electron chi connectivity index (χ0n) is 5.84. The minimum Gasteiger partial charge on any atom is -0.378 e. The normalized spacial score (nSPS) is 29.2. The third-order valence-corrected chi connectivity index (χ3v) is 1.44. The van der Waals surface area contributed by atoms with E-state index in [1.165, 1.54) is 0 Å². The highest BCUT2D eigenvalue weighted by molar-refractivity contribution is 5.57. The van der Waals surface area contributed by atoms with Crippen LogP contribution in [0.15, 0.2) is 4.99 Å². The zero-order valence-corrected chi connectivity index (χ0v) is 5.84. The van der Waals surface area contributed by atoms with Gasteiger partial charge in [-0.3, -0.25) is 4.99 Å². The predicted molar refractivity (Wildman–Crippen MR) is 38.0 cm³/mol. The van der Waals surface area contributed by atoms with Crippen molar-refractivity contribution in [3.8, 4) is 0 Å². The summed E-state index contributed by atoms with van der Waals surface area (Å²) in [6, 6.07) is 0. The first-order valence-corrected chi connectivity index (χ1v) is 3.49. The van der Waals surface area contributed by atoms with Crippen molar-refractivity contribution in [2.24, 2.45) is 4.99 Å². The molecule has 0 spiro atoms. The van der Waals surface area contributed by atoms with E-state index < -0.39 is 0 Å². The minimum atomic E-state index is 0.405. The van der Waals surface area contributed by atoms with E-state index in [4.69, 9.17) is 4.74 Å². The van der Waals surface area contributed by atoms with Crippen LogP contribution in [0, 0.1) is 0 Å². The van der Waals surface area contributed by atoms with Crippen LogP contribution >= 0.6 is 0 Å². The molecule has 0 N–H and O–H groups in total. The molecule has 2 heteroatoms. The Morgan fingerprint density at radius 2 is 2.56 bits per heavy atom. The maximum atomic E-state index is 5.39. The summed E-state index contributed by atoms with van der Waals surface area (Å²) < 4.78 is 5.39. The van der Waals surface area contributed by atoms with Crippen molar-refractivity contribution in [3.63, 3.8) is 0 Å². The van der Waals surface area contributed by atoms with E-state index in [-0.39, 0.29) is 0 Å². The van der Waals surface area contributed by atoms with Gasteiger partial charge >= 0.3 is 0 Å². The van der Waals surface area contributed by atoms with Crippen molar-refractivity contribution in [2.45, 2.75) is 25.9 Å². The van der Waals surface area contributed by atoms with Gasteiger partial charge in [-0.15, -0.1) is 0 Å². The fraction of sp³-hybridized carbons (Fsp3) is 0.857. The Labute approximate surface area is 55.9 Å². The number of nitrogens with zero attached hydrogens (tertiary/aromatic N) is 1. The van der Waals surface area contributed by atoms with Gasteiger partial charge in [0.2, 0.25) is 0 Å². The first kappa shape index (κ1) is 6.75. The molecule has 1 atom stereocenters. The van der Waals surface area contributed by atoms with E-state index in [9.17, 15) is 0 Å². The van der Waals surface area contributed by atoms with Crippen molar-refractivity contribution in [1.82, 2.24) is 0 Å². The lowest BCUT2D eigenvalue weighted by Gasteiger charge is -2.12. The molecule has 0 fully saturated rings. The number of hydrogen-bond acceptors (Lipinski definition) is 2. The van der Waals surface area contributed by atoms with Crippen LogP contribution in [0.4, 0.5) is 0 Å². The Kier molecular flexibility index (Phi) is 2.71. The van der Waals surface area contributed by atoms with Gasteiger partial charge in [0, 0.05) is 19.2 Å². The van der Waals surface area contributed by atoms with Gasteiger partial charge in [0.05, 0.1) is 12.7 Å². The molecule has 0 aliphatic carbocycles. The number of rotatable bonds is 0. The molecule has 0 saturated carbocycles. The average Bonchev–Trinajstić information content (AvgIpc) is 1.79. The molecule has 1 unspecified atom stereocenters. The minimum absolute atomic E-state index is 0.405. The van der Waals surface area contributed by atoms with Crippen LogP contribution in [0.1, 0.15) is 19.8 Å². The van der Waals surface area contributed by atoms with Gasteiger partial charge in [-0.2, -0.15) is 0 Å². The summed E-state index contributed by atoms with van der Waals surface area (Å²) >= 11 is 0. The zero-order chi connectivity index (χ0) is 6.53. The topological polar surface area (TPSA) is 21.6 Å². The summed E-state index contributed by atoms with van der Waals surface area (Å²) in [5.74, 6) is 0. The van der Waals surface area contributed by atoms with E-state index in [1.807, 2.05) is 6.21 Å². The van der Waals surface area contributed by atoms with Crippen LogP contribution in [0.5, 0.6) is 0 Å². The van der Waals surface area contributed by atoms with Crippen molar-refractivity contribution in [2.75, 3.05) is 13.2 Å². The molecule has 0 bridgehead atoms. The van der Waals surface area contributed by atoms with Crippen LogP contribution < -0.4 is 0 Å². The average molecular weight is 127 g/mol. The predicted octanol–water partition coefficient (Wildman–Crippen LogP) is 1.26. The van der Waals surface area contributed by atoms with E-state index in [1.54, 1.807) is 0 Å². The molecule has 2 nitrogen and oxygen atoms in total. The smallest absolute Gasteiger partial charge is 0.0564 e. The van der Waals surface area contributed by atoms with Crippen LogP contribution in [-0.4, -0.2) is 25.5 Å². The van der Waals surface area contributed by atoms with Gasteiger partial charge in [-0.25, -0.2) is 0 Å². The lowest BCUT2D eigenvalue weighted by atomic mass is 10.3. The first-order chi connectivity index (χ1) is 4.39. The molecule has 0 aromatic carbocycles. The third kappa shape index (κ3) is 2.61. The van der Waals surface area contributed by atoms with E-state index in [2.05, 4.69) is 11.9 Å². The number of hydrogen-bond donors (Lipinski definition) is 0. The molecule has 1 heterocycles. The highest BCUT2D eigenvalue weighted by Crippen LogP contribution is 2.00. The summed E-state index contributed by atoms with van der Waals surface area (Å²) in [5, 5.41) is 0. The van der Waals surface area contributed by atoms with E-state index in [0.717, 1.165) is 26.0 Å². The summed E-state index contributed by atoms with van der Waals surface area (Å²) in [6.07, 6.45) is 4.40. The monoisotopic (exact) mass is 127 g/mol. The van der Waals surface area contributed by atoms with E-state index in [0.29, 0.717) is 6.10 Å². The molecule has 9 heavy (non-hydrogen) atoms. The molecule has 1 rings (SSSR count). The van der Waals surface area contributed by atoms with Crippen LogP contribution in [0.3, 0.4) is 0 Å². The number of aliphatic imine (C=N–C) groups is 1. The molecule has 1 aliphatic heterocycles. The molecular formula is C7H13NO. The quantitative estimate of drug-likeness (QED) is 0.480. The second-order valence-corrected chi connectivity index (χ2v) is 2.35. The van der Waals surface area contributed by atoms with E-state index >= 15 is 0 Å². The van der Waals surface area contributed by atoms with Crippen molar-refractivity contribution in [3.05, 3.63) is 0 Å². The number of ether oxygens (including phenoxy) is 1. The first-order valence-electron chi connectivity index (χ1n) is 3.49.